The standard InChI is InChI=1S/C14H20N6.HI/c1-3-9-16-14(15-4-2)17-10-8-13-19-18-12-7-5-6-11-20(12)13;/h3,5-7,11H,1,4,8-10H2,2H3,(H2,15,16,17);1H. The maximum atomic E-state index is 4.50. The Morgan fingerprint density at radius 2 is 2.24 bits per heavy atom. The second kappa shape index (κ2) is 9.32. The highest BCUT2D eigenvalue weighted by atomic mass is 127. The van der Waals surface area contributed by atoms with Crippen molar-refractivity contribution in [3.63, 3.8) is 0 Å². The van der Waals surface area contributed by atoms with Crippen LogP contribution in [0.15, 0.2) is 42.0 Å². The van der Waals surface area contributed by atoms with Crippen LogP contribution in [0.25, 0.3) is 5.65 Å². The first-order valence-electron chi connectivity index (χ1n) is 6.77. The molecule has 6 nitrogen and oxygen atoms in total. The maximum absolute atomic E-state index is 4.50. The molecular formula is C14H21IN6. The minimum absolute atomic E-state index is 0. The van der Waals surface area contributed by atoms with Gasteiger partial charge in [0.25, 0.3) is 0 Å². The minimum atomic E-state index is 0. The zero-order valence-electron chi connectivity index (χ0n) is 12.1. The molecule has 0 atom stereocenters. The maximum Gasteiger partial charge on any atom is 0.191 e. The van der Waals surface area contributed by atoms with Crippen LogP contribution < -0.4 is 10.6 Å². The molecule has 0 radical (unpaired) electrons. The number of nitrogens with zero attached hydrogens (tertiary/aromatic N) is 4. The molecule has 0 aromatic carbocycles. The summed E-state index contributed by atoms with van der Waals surface area (Å²) >= 11 is 0. The molecular weight excluding hydrogens is 379 g/mol. The molecule has 2 aromatic heterocycles. The summed E-state index contributed by atoms with van der Waals surface area (Å²) in [5.41, 5.74) is 0.864. The lowest BCUT2D eigenvalue weighted by molar-refractivity contribution is 0.817. The Labute approximate surface area is 141 Å². The number of nitrogens with one attached hydrogen (secondary N) is 2. The second-order valence-electron chi connectivity index (χ2n) is 4.23. The van der Waals surface area contributed by atoms with Crippen molar-refractivity contribution >= 4 is 35.6 Å². The van der Waals surface area contributed by atoms with Crippen LogP contribution >= 0.6 is 24.0 Å². The van der Waals surface area contributed by atoms with E-state index in [-0.39, 0.29) is 24.0 Å². The molecule has 0 aliphatic rings. The number of hydrogen-bond acceptors (Lipinski definition) is 3. The van der Waals surface area contributed by atoms with E-state index in [9.17, 15) is 0 Å². The zero-order valence-corrected chi connectivity index (χ0v) is 14.4. The van der Waals surface area contributed by atoms with Crippen LogP contribution in [0, 0.1) is 0 Å². The van der Waals surface area contributed by atoms with Gasteiger partial charge in [-0.15, -0.1) is 40.8 Å². The van der Waals surface area contributed by atoms with Crippen LogP contribution in [0.3, 0.4) is 0 Å². The van der Waals surface area contributed by atoms with E-state index in [0.717, 1.165) is 30.4 Å². The molecule has 0 fully saturated rings. The van der Waals surface area contributed by atoms with Gasteiger partial charge in [-0.1, -0.05) is 12.1 Å². The van der Waals surface area contributed by atoms with Crippen LogP contribution in [0.2, 0.25) is 0 Å². The number of guanidine groups is 1. The molecule has 0 amide bonds. The van der Waals surface area contributed by atoms with Gasteiger partial charge in [0.15, 0.2) is 11.6 Å². The summed E-state index contributed by atoms with van der Waals surface area (Å²) in [7, 11) is 0. The Hall–Kier alpha value is -1.64. The highest BCUT2D eigenvalue weighted by molar-refractivity contribution is 14.0. The largest absolute Gasteiger partial charge is 0.357 e. The molecule has 0 saturated carbocycles. The van der Waals surface area contributed by atoms with Crippen LogP contribution in [0.5, 0.6) is 0 Å². The van der Waals surface area contributed by atoms with Crippen molar-refractivity contribution in [3.8, 4) is 0 Å². The monoisotopic (exact) mass is 400 g/mol. The van der Waals surface area contributed by atoms with E-state index in [2.05, 4.69) is 32.4 Å². The molecule has 2 heterocycles. The lowest BCUT2D eigenvalue weighted by Gasteiger charge is -2.08. The van der Waals surface area contributed by atoms with Gasteiger partial charge in [-0.25, -0.2) is 0 Å². The van der Waals surface area contributed by atoms with Gasteiger partial charge < -0.3 is 10.6 Å². The van der Waals surface area contributed by atoms with Crippen molar-refractivity contribution in [2.24, 2.45) is 4.99 Å². The molecule has 0 saturated heterocycles. The van der Waals surface area contributed by atoms with Crippen LogP contribution in [0.1, 0.15) is 12.7 Å². The number of aromatic nitrogens is 3. The number of halogens is 1. The van der Waals surface area contributed by atoms with Crippen molar-refractivity contribution in [1.82, 2.24) is 25.2 Å². The summed E-state index contributed by atoms with van der Waals surface area (Å²) in [6.07, 6.45) is 4.52. The smallest absolute Gasteiger partial charge is 0.191 e. The Morgan fingerprint density at radius 3 is 3.00 bits per heavy atom. The zero-order chi connectivity index (χ0) is 14.2. The van der Waals surface area contributed by atoms with Crippen molar-refractivity contribution in [2.75, 3.05) is 19.6 Å². The third-order valence-corrected chi connectivity index (χ3v) is 2.75. The predicted octanol–water partition coefficient (Wildman–Crippen LogP) is 1.63. The van der Waals surface area contributed by atoms with Gasteiger partial charge in [0.2, 0.25) is 0 Å². The first-order valence-corrected chi connectivity index (χ1v) is 6.77. The third-order valence-electron chi connectivity index (χ3n) is 2.75. The number of pyridine rings is 1. The highest BCUT2D eigenvalue weighted by Crippen LogP contribution is 2.03. The molecule has 2 N–H and O–H groups in total. The Morgan fingerprint density at radius 1 is 1.38 bits per heavy atom. The fraction of sp³-hybridized carbons (Fsp3) is 0.357. The van der Waals surface area contributed by atoms with Gasteiger partial charge in [0, 0.05) is 32.3 Å². The van der Waals surface area contributed by atoms with Crippen LogP contribution in [-0.4, -0.2) is 40.2 Å². The average molecular weight is 400 g/mol. The molecule has 0 spiro atoms. The summed E-state index contributed by atoms with van der Waals surface area (Å²) in [5.74, 6) is 1.71. The Bertz CT molecular complexity index is 592. The van der Waals surface area contributed by atoms with E-state index in [1.807, 2.05) is 35.7 Å². The quantitative estimate of drug-likeness (QED) is 0.335. The van der Waals surface area contributed by atoms with Crippen LogP contribution in [0.4, 0.5) is 0 Å². The van der Waals surface area contributed by atoms with Crippen molar-refractivity contribution in [2.45, 2.75) is 13.3 Å². The molecule has 2 aromatic rings. The summed E-state index contributed by atoms with van der Waals surface area (Å²) < 4.78 is 1.99. The van der Waals surface area contributed by atoms with E-state index in [0.29, 0.717) is 13.1 Å². The fourth-order valence-electron chi connectivity index (χ4n) is 1.84. The normalized spacial score (nSPS) is 11.0. The molecule has 21 heavy (non-hydrogen) atoms. The second-order valence-corrected chi connectivity index (χ2v) is 4.23. The van der Waals surface area contributed by atoms with Gasteiger partial charge in [0.05, 0.1) is 0 Å². The topological polar surface area (TPSA) is 66.6 Å². The van der Waals surface area contributed by atoms with Crippen molar-refractivity contribution < 1.29 is 0 Å². The number of fused-ring (bicyclic) bond motifs is 1. The van der Waals surface area contributed by atoms with E-state index >= 15 is 0 Å². The molecule has 0 aliphatic carbocycles. The molecule has 0 aliphatic heterocycles. The van der Waals surface area contributed by atoms with Crippen molar-refractivity contribution in [1.29, 1.82) is 0 Å². The van der Waals surface area contributed by atoms with E-state index in [1.165, 1.54) is 0 Å². The molecule has 7 heteroatoms. The SMILES string of the molecule is C=CCNC(=NCCc1nnc2ccccn12)NCC.I. The van der Waals surface area contributed by atoms with Gasteiger partial charge in [0.1, 0.15) is 5.82 Å². The third kappa shape index (κ3) is 5.00. The minimum Gasteiger partial charge on any atom is -0.357 e. The number of rotatable bonds is 6. The first-order chi connectivity index (χ1) is 9.85. The number of hydrogen-bond donors (Lipinski definition) is 2. The van der Waals surface area contributed by atoms with Gasteiger partial charge in [-0.05, 0) is 19.1 Å². The number of aliphatic imine (C=N–C) groups is 1. The molecule has 2 rings (SSSR count). The summed E-state index contributed by atoms with van der Waals surface area (Å²) in [6, 6.07) is 5.86. The average Bonchev–Trinajstić information content (AvgIpc) is 2.88. The summed E-state index contributed by atoms with van der Waals surface area (Å²) in [5, 5.41) is 14.7. The van der Waals surface area contributed by atoms with E-state index in [1.54, 1.807) is 6.08 Å². The molecule has 0 unspecified atom stereocenters. The predicted molar refractivity (Wildman–Crippen MR) is 96.3 cm³/mol. The summed E-state index contributed by atoms with van der Waals surface area (Å²) in [6.45, 7) is 7.90. The molecule has 114 valence electrons. The Balaban J connectivity index is 0.00000220. The molecule has 0 bridgehead atoms. The van der Waals surface area contributed by atoms with Gasteiger partial charge >= 0.3 is 0 Å². The van der Waals surface area contributed by atoms with Crippen LogP contribution in [-0.2, 0) is 6.42 Å². The van der Waals surface area contributed by atoms with Gasteiger partial charge in [-0.2, -0.15) is 0 Å². The first kappa shape index (κ1) is 17.4. The highest BCUT2D eigenvalue weighted by Gasteiger charge is 2.03. The Kier molecular flexibility index (Phi) is 7.73. The van der Waals surface area contributed by atoms with Gasteiger partial charge in [-0.3, -0.25) is 9.39 Å². The summed E-state index contributed by atoms with van der Waals surface area (Å²) in [4.78, 5) is 4.50. The fourth-order valence-corrected chi connectivity index (χ4v) is 1.84. The van der Waals surface area contributed by atoms with E-state index in [4.69, 9.17) is 0 Å². The van der Waals surface area contributed by atoms with Crippen molar-refractivity contribution in [3.05, 3.63) is 42.9 Å². The lowest BCUT2D eigenvalue weighted by atomic mass is 10.4. The van der Waals surface area contributed by atoms with E-state index < -0.39 is 0 Å². The lowest BCUT2D eigenvalue weighted by Crippen LogP contribution is -2.37.